The van der Waals surface area contributed by atoms with Crippen molar-refractivity contribution >= 4 is 5.97 Å². The molecule has 0 aliphatic heterocycles. The highest BCUT2D eigenvalue weighted by Gasteiger charge is 2.32. The molecule has 3 rings (SSSR count). The third-order valence-corrected chi connectivity index (χ3v) is 2.97. The van der Waals surface area contributed by atoms with Crippen molar-refractivity contribution in [3.63, 3.8) is 0 Å². The summed E-state index contributed by atoms with van der Waals surface area (Å²) in [5.41, 5.74) is -0.482. The number of aromatic carboxylic acids is 1. The maximum Gasteiger partial charge on any atom is 0.375 e. The third kappa shape index (κ3) is 2.02. The topological polar surface area (TPSA) is 68.0 Å². The third-order valence-electron chi connectivity index (χ3n) is 2.97. The number of hydrogen-bond donors (Lipinski definition) is 1. The van der Waals surface area contributed by atoms with E-state index in [2.05, 4.69) is 10.1 Å². The summed E-state index contributed by atoms with van der Waals surface area (Å²) in [4.78, 5) is 14.7. The molecule has 1 N–H and O–H groups in total. The van der Waals surface area contributed by atoms with Crippen LogP contribution in [0.5, 0.6) is 0 Å². The molecule has 0 bridgehead atoms. The molecule has 0 unspecified atom stereocenters. The van der Waals surface area contributed by atoms with Crippen LogP contribution in [-0.2, 0) is 0 Å². The van der Waals surface area contributed by atoms with E-state index in [9.17, 15) is 18.0 Å². The Labute approximate surface area is 110 Å². The van der Waals surface area contributed by atoms with E-state index in [0.29, 0.717) is 6.07 Å². The number of benzene rings is 1. The molecule has 0 saturated heterocycles. The molecular weight excluding hydrogens is 275 g/mol. The number of aromatic nitrogens is 3. The number of nitrogens with zero attached hydrogens (tertiary/aromatic N) is 3. The molecule has 0 radical (unpaired) electrons. The fraction of sp³-hybridized carbons (Fsp3) is 0.250. The van der Waals surface area contributed by atoms with E-state index in [4.69, 9.17) is 5.11 Å². The maximum atomic E-state index is 13.8. The molecule has 8 heteroatoms. The van der Waals surface area contributed by atoms with Gasteiger partial charge in [-0.1, -0.05) is 0 Å². The Kier molecular flexibility index (Phi) is 2.73. The zero-order valence-corrected chi connectivity index (χ0v) is 9.98. The average Bonchev–Trinajstić information content (AvgIpc) is 3.12. The number of rotatable bonds is 3. The maximum absolute atomic E-state index is 13.8. The molecule has 1 aliphatic carbocycles. The van der Waals surface area contributed by atoms with E-state index in [-0.39, 0.29) is 11.7 Å². The molecule has 20 heavy (non-hydrogen) atoms. The largest absolute Gasteiger partial charge is 0.475 e. The Hall–Kier alpha value is -2.38. The molecule has 1 aromatic heterocycles. The van der Waals surface area contributed by atoms with E-state index < -0.39 is 34.9 Å². The first-order valence-electron chi connectivity index (χ1n) is 5.82. The van der Waals surface area contributed by atoms with E-state index in [1.54, 1.807) is 0 Å². The monoisotopic (exact) mass is 283 g/mol. The van der Waals surface area contributed by atoms with Crippen molar-refractivity contribution in [3.8, 4) is 5.69 Å². The molecule has 1 aromatic carbocycles. The quantitative estimate of drug-likeness (QED) is 0.877. The molecule has 0 spiro atoms. The van der Waals surface area contributed by atoms with Gasteiger partial charge in [0.15, 0.2) is 11.6 Å². The minimum Gasteiger partial charge on any atom is -0.475 e. The van der Waals surface area contributed by atoms with Crippen LogP contribution in [0.25, 0.3) is 5.69 Å². The zero-order chi connectivity index (χ0) is 14.4. The van der Waals surface area contributed by atoms with Crippen LogP contribution in [0.4, 0.5) is 13.2 Å². The molecule has 5 nitrogen and oxygen atoms in total. The molecule has 0 atom stereocenters. The van der Waals surface area contributed by atoms with Crippen LogP contribution in [0.1, 0.15) is 35.2 Å². The standard InChI is InChI=1S/C12H8F3N3O2/c13-6-3-7(14)9(15)8(4-6)18-11(5-1-2-5)16-10(17-18)12(19)20/h3-5H,1-2H2,(H,19,20). The second kappa shape index (κ2) is 4.32. The van der Waals surface area contributed by atoms with Gasteiger partial charge in [0, 0.05) is 18.1 Å². The Morgan fingerprint density at radius 1 is 1.30 bits per heavy atom. The van der Waals surface area contributed by atoms with Crippen molar-refractivity contribution in [2.45, 2.75) is 18.8 Å². The molecule has 1 aliphatic rings. The van der Waals surface area contributed by atoms with Crippen LogP contribution in [0.15, 0.2) is 12.1 Å². The Balaban J connectivity index is 2.21. The first-order chi connectivity index (χ1) is 9.47. The van der Waals surface area contributed by atoms with Crippen molar-refractivity contribution in [1.29, 1.82) is 0 Å². The Bertz CT molecular complexity index is 710. The predicted octanol–water partition coefficient (Wildman–Crippen LogP) is 2.26. The predicted molar refractivity (Wildman–Crippen MR) is 60.2 cm³/mol. The minimum absolute atomic E-state index is 0.0682. The first-order valence-corrected chi connectivity index (χ1v) is 5.82. The number of carboxylic acid groups (broad SMARTS) is 1. The average molecular weight is 283 g/mol. The summed E-state index contributed by atoms with van der Waals surface area (Å²) in [6.45, 7) is 0. The molecule has 1 heterocycles. The van der Waals surface area contributed by atoms with Gasteiger partial charge in [0.1, 0.15) is 17.3 Å². The summed E-state index contributed by atoms with van der Waals surface area (Å²) in [6.07, 6.45) is 1.49. The fourth-order valence-electron chi connectivity index (χ4n) is 1.89. The van der Waals surface area contributed by atoms with Gasteiger partial charge in [-0.3, -0.25) is 0 Å². The summed E-state index contributed by atoms with van der Waals surface area (Å²) in [5.74, 6) is -5.43. The van der Waals surface area contributed by atoms with Gasteiger partial charge in [0.2, 0.25) is 0 Å². The second-order valence-electron chi connectivity index (χ2n) is 4.51. The van der Waals surface area contributed by atoms with Gasteiger partial charge >= 0.3 is 5.97 Å². The molecule has 2 aromatic rings. The summed E-state index contributed by atoms with van der Waals surface area (Å²) in [6, 6.07) is 1.16. The SMILES string of the molecule is O=C(O)c1nc(C2CC2)n(-c2cc(F)cc(F)c2F)n1. The normalized spacial score (nSPS) is 14.6. The lowest BCUT2D eigenvalue weighted by Gasteiger charge is -2.07. The number of hydrogen-bond acceptors (Lipinski definition) is 3. The van der Waals surface area contributed by atoms with Gasteiger partial charge in [-0.05, 0) is 12.8 Å². The smallest absolute Gasteiger partial charge is 0.375 e. The summed E-state index contributed by atoms with van der Waals surface area (Å²) in [5, 5.41) is 12.5. The molecule has 1 fully saturated rings. The number of carboxylic acids is 1. The van der Waals surface area contributed by atoms with Crippen molar-refractivity contribution in [2.75, 3.05) is 0 Å². The first kappa shape index (κ1) is 12.6. The fourth-order valence-corrected chi connectivity index (χ4v) is 1.89. The zero-order valence-electron chi connectivity index (χ0n) is 9.98. The molecular formula is C12H8F3N3O2. The van der Waals surface area contributed by atoms with Gasteiger partial charge in [0.05, 0.1) is 0 Å². The van der Waals surface area contributed by atoms with Crippen LogP contribution in [-0.4, -0.2) is 25.8 Å². The van der Waals surface area contributed by atoms with Crippen molar-refractivity contribution < 1.29 is 23.1 Å². The van der Waals surface area contributed by atoms with Crippen molar-refractivity contribution in [2.24, 2.45) is 0 Å². The van der Waals surface area contributed by atoms with Crippen LogP contribution in [0.3, 0.4) is 0 Å². The Morgan fingerprint density at radius 3 is 2.60 bits per heavy atom. The highest BCUT2D eigenvalue weighted by molar-refractivity contribution is 5.83. The lowest BCUT2D eigenvalue weighted by Crippen LogP contribution is -2.07. The lowest BCUT2D eigenvalue weighted by molar-refractivity contribution is 0.0683. The summed E-state index contributed by atoms with van der Waals surface area (Å²) < 4.78 is 41.1. The highest BCUT2D eigenvalue weighted by Crippen LogP contribution is 2.40. The Morgan fingerprint density at radius 2 is 2.00 bits per heavy atom. The van der Waals surface area contributed by atoms with Gasteiger partial charge in [-0.25, -0.2) is 27.6 Å². The summed E-state index contributed by atoms with van der Waals surface area (Å²) >= 11 is 0. The van der Waals surface area contributed by atoms with Crippen LogP contribution < -0.4 is 0 Å². The molecule has 1 saturated carbocycles. The van der Waals surface area contributed by atoms with Crippen LogP contribution in [0, 0.1) is 17.5 Å². The number of carbonyl (C=O) groups is 1. The second-order valence-corrected chi connectivity index (χ2v) is 4.51. The lowest BCUT2D eigenvalue weighted by atomic mass is 10.2. The van der Waals surface area contributed by atoms with Gasteiger partial charge in [0.25, 0.3) is 5.82 Å². The van der Waals surface area contributed by atoms with Crippen LogP contribution in [0.2, 0.25) is 0 Å². The van der Waals surface area contributed by atoms with E-state index in [0.717, 1.165) is 23.6 Å². The van der Waals surface area contributed by atoms with E-state index >= 15 is 0 Å². The molecule has 104 valence electrons. The minimum atomic E-state index is -1.39. The van der Waals surface area contributed by atoms with E-state index in [1.165, 1.54) is 0 Å². The van der Waals surface area contributed by atoms with Gasteiger partial charge in [-0.2, -0.15) is 0 Å². The number of halogens is 3. The van der Waals surface area contributed by atoms with Gasteiger partial charge < -0.3 is 5.11 Å². The van der Waals surface area contributed by atoms with Crippen molar-refractivity contribution in [3.05, 3.63) is 41.2 Å². The van der Waals surface area contributed by atoms with Crippen molar-refractivity contribution in [1.82, 2.24) is 14.8 Å². The molecule has 0 amide bonds. The highest BCUT2D eigenvalue weighted by atomic mass is 19.2. The van der Waals surface area contributed by atoms with Crippen LogP contribution >= 0.6 is 0 Å². The van der Waals surface area contributed by atoms with Gasteiger partial charge in [-0.15, -0.1) is 5.10 Å². The summed E-state index contributed by atoms with van der Waals surface area (Å²) in [7, 11) is 0. The van der Waals surface area contributed by atoms with E-state index in [1.807, 2.05) is 0 Å².